The summed E-state index contributed by atoms with van der Waals surface area (Å²) >= 11 is 0. The Hall–Kier alpha value is -1.52. The molecular weight excluding hydrogens is 278 g/mol. The van der Waals surface area contributed by atoms with E-state index in [1.165, 1.54) is 17.0 Å². The molecule has 4 nitrogen and oxygen atoms in total. The van der Waals surface area contributed by atoms with Crippen LogP contribution in [0, 0.1) is 5.89 Å². The Labute approximate surface area is 140 Å². The van der Waals surface area contributed by atoms with Crippen LogP contribution in [0.3, 0.4) is 0 Å². The van der Waals surface area contributed by atoms with E-state index in [-0.39, 0.29) is 18.0 Å². The highest BCUT2D eigenvalue weighted by Crippen LogP contribution is 2.62. The van der Waals surface area contributed by atoms with E-state index in [1.54, 1.807) is 12.1 Å². The number of likely N-dealkylation sites (N-methyl/N-ethyl adjacent to an activating group) is 1. The molecule has 0 amide bonds. The lowest BCUT2D eigenvalue weighted by Crippen LogP contribution is -2.64. The molecule has 1 aromatic rings. The van der Waals surface area contributed by atoms with Crippen molar-refractivity contribution >= 4 is 0 Å². The number of methoxy groups -OCH3 is 1. The van der Waals surface area contributed by atoms with Crippen LogP contribution in [-0.2, 0) is 11.8 Å². The fraction of sp³-hybridized carbons (Fsp3) is 0.556. The minimum absolute atomic E-state index is 0.0544. The summed E-state index contributed by atoms with van der Waals surface area (Å²) in [5.74, 6) is -1.03. The molecule has 1 saturated heterocycles. The molecule has 4 aliphatic rings. The van der Waals surface area contributed by atoms with E-state index >= 15 is 0 Å². The first-order chi connectivity index (χ1) is 13.4. The van der Waals surface area contributed by atoms with Gasteiger partial charge in [0.2, 0.25) is 0 Å². The lowest BCUT2D eigenvalue weighted by molar-refractivity contribution is -0.0453. The van der Waals surface area contributed by atoms with Crippen LogP contribution in [-0.4, -0.2) is 48.8 Å². The first-order valence-electron chi connectivity index (χ1n) is 11.0. The third kappa shape index (κ3) is 1.28. The Morgan fingerprint density at radius 3 is 3.32 bits per heavy atom. The molecule has 2 unspecified atom stereocenters. The van der Waals surface area contributed by atoms with Gasteiger partial charge in [0.1, 0.15) is 12.2 Å². The second-order valence-electron chi connectivity index (χ2n) is 6.51. The van der Waals surface area contributed by atoms with Gasteiger partial charge in [-0.1, -0.05) is 18.2 Å². The van der Waals surface area contributed by atoms with Crippen molar-refractivity contribution in [3.63, 3.8) is 0 Å². The number of hydrogen-bond acceptors (Lipinski definition) is 4. The second-order valence-corrected chi connectivity index (χ2v) is 6.51. The zero-order valence-corrected chi connectivity index (χ0v) is 11.9. The molecule has 2 aliphatic carbocycles. The molecule has 2 bridgehead atoms. The number of hydrogen-bond donors (Lipinski definition) is 1. The predicted octanol–water partition coefficient (Wildman–Crippen LogP) is 1.50. The standard InChI is InChI=1S/C18H21NO3/c1-19-8-7-18-11-4-5-13(20)17(18)22-16-14(21-2)6-3-10(15(16)18)9-12(11)19/h3-6,11-13,17,20H,7-9H2,1-2H3/t11-,12+,13?,17?,18-/m0/s1/i1D3,2D3,11D. The molecule has 2 heterocycles. The SMILES string of the molecule is [2H]C([2H])([2H])Oc1ccc2c3c1OC1C(O)C=C[C@@]4([2H])[C@@H](C2)N(C([2H])([2H])[2H])CC[C@]314. The average Bonchev–Trinajstić information content (AvgIpc) is 2.92. The molecule has 116 valence electrons. The number of benzene rings is 1. The molecule has 2 aliphatic heterocycles. The van der Waals surface area contributed by atoms with Crippen molar-refractivity contribution in [2.45, 2.75) is 36.5 Å². The quantitative estimate of drug-likeness (QED) is 0.799. The molecule has 5 atom stereocenters. The number of rotatable bonds is 1. The van der Waals surface area contributed by atoms with Crippen molar-refractivity contribution in [1.29, 1.82) is 0 Å². The van der Waals surface area contributed by atoms with Crippen molar-refractivity contribution < 1.29 is 24.2 Å². The molecule has 0 radical (unpaired) electrons. The first kappa shape index (κ1) is 7.84. The lowest BCUT2D eigenvalue weighted by Gasteiger charge is -2.56. The number of aliphatic hydroxyl groups excluding tert-OH is 1. The van der Waals surface area contributed by atoms with E-state index in [1.807, 2.05) is 0 Å². The van der Waals surface area contributed by atoms with Crippen molar-refractivity contribution in [1.82, 2.24) is 4.90 Å². The Morgan fingerprint density at radius 2 is 2.45 bits per heavy atom. The summed E-state index contributed by atoms with van der Waals surface area (Å²) in [7, 11) is -2.67. The van der Waals surface area contributed by atoms with E-state index in [0.29, 0.717) is 18.4 Å². The van der Waals surface area contributed by atoms with Gasteiger partial charge in [-0.05, 0) is 38.0 Å². The maximum absolute atomic E-state index is 10.7. The molecule has 1 fully saturated rings. The van der Waals surface area contributed by atoms with Crippen LogP contribution >= 0.6 is 0 Å². The average molecular weight is 306 g/mol. The van der Waals surface area contributed by atoms with Crippen LogP contribution in [0.4, 0.5) is 0 Å². The van der Waals surface area contributed by atoms with E-state index in [0.717, 1.165) is 5.56 Å². The highest BCUT2D eigenvalue weighted by Gasteiger charge is 2.64. The molecule has 0 aromatic heterocycles. The van der Waals surface area contributed by atoms with Crippen LogP contribution in [0.15, 0.2) is 24.3 Å². The Kier molecular flexibility index (Phi) is 1.45. The summed E-state index contributed by atoms with van der Waals surface area (Å²) in [5, 5.41) is 10.7. The van der Waals surface area contributed by atoms with Gasteiger partial charge >= 0.3 is 0 Å². The molecular formula is C18H21NO3. The van der Waals surface area contributed by atoms with Gasteiger partial charge in [0.05, 0.1) is 11.2 Å². The minimum Gasteiger partial charge on any atom is -0.493 e. The smallest absolute Gasteiger partial charge is 0.165 e. The first-order valence-corrected chi connectivity index (χ1v) is 7.55. The van der Waals surface area contributed by atoms with E-state index < -0.39 is 43.6 Å². The highest BCUT2D eigenvalue weighted by atomic mass is 16.5. The zero-order valence-electron chi connectivity index (χ0n) is 18.9. The van der Waals surface area contributed by atoms with Gasteiger partial charge in [-0.3, -0.25) is 0 Å². The lowest BCUT2D eigenvalue weighted by atomic mass is 9.53. The maximum atomic E-state index is 10.7. The summed E-state index contributed by atoms with van der Waals surface area (Å²) in [4.78, 5) is 1.40. The molecule has 5 rings (SSSR count). The Morgan fingerprint density at radius 1 is 1.50 bits per heavy atom. The highest BCUT2D eigenvalue weighted by molar-refractivity contribution is 5.62. The molecule has 1 spiro atoms. The number of nitrogens with zero attached hydrogens (tertiary/aromatic N) is 1. The molecule has 22 heavy (non-hydrogen) atoms. The van der Waals surface area contributed by atoms with E-state index in [4.69, 9.17) is 17.7 Å². The van der Waals surface area contributed by atoms with Crippen LogP contribution < -0.4 is 9.47 Å². The topological polar surface area (TPSA) is 41.9 Å². The fourth-order valence-electron chi connectivity index (χ4n) is 4.82. The summed E-state index contributed by atoms with van der Waals surface area (Å²) in [6, 6.07) is 2.63. The van der Waals surface area contributed by atoms with Gasteiger partial charge in [-0.15, -0.1) is 0 Å². The van der Waals surface area contributed by atoms with Crippen molar-refractivity contribution in [2.24, 2.45) is 5.89 Å². The fourth-order valence-corrected chi connectivity index (χ4v) is 4.82. The summed E-state index contributed by atoms with van der Waals surface area (Å²) in [5.41, 5.74) is 0.527. The van der Waals surface area contributed by atoms with Gasteiger partial charge < -0.3 is 19.5 Å². The summed E-state index contributed by atoms with van der Waals surface area (Å²) in [6.45, 7) is -2.12. The summed E-state index contributed by atoms with van der Waals surface area (Å²) < 4.78 is 66.8. The van der Waals surface area contributed by atoms with Gasteiger partial charge in [0.25, 0.3) is 0 Å². The van der Waals surface area contributed by atoms with Crippen molar-refractivity contribution in [3.8, 4) is 11.5 Å². The number of aliphatic hydroxyl groups is 1. The number of likely N-dealkylation sites (tertiary alicyclic amines) is 1. The third-order valence-corrected chi connectivity index (χ3v) is 5.69. The predicted molar refractivity (Wildman–Crippen MR) is 82.5 cm³/mol. The van der Waals surface area contributed by atoms with Gasteiger partial charge in [-0.2, -0.15) is 0 Å². The maximum Gasteiger partial charge on any atom is 0.165 e. The van der Waals surface area contributed by atoms with Crippen LogP contribution in [0.5, 0.6) is 11.5 Å². The van der Waals surface area contributed by atoms with Crippen LogP contribution in [0.2, 0.25) is 0 Å². The van der Waals surface area contributed by atoms with E-state index in [2.05, 4.69) is 0 Å². The largest absolute Gasteiger partial charge is 0.493 e. The van der Waals surface area contributed by atoms with Gasteiger partial charge in [-0.25, -0.2) is 0 Å². The summed E-state index contributed by atoms with van der Waals surface area (Å²) in [6.07, 6.45) is 1.92. The molecule has 0 saturated carbocycles. The Bertz CT molecular complexity index is 914. The molecule has 4 heteroatoms. The molecule has 1 N–H and O–H groups in total. The van der Waals surface area contributed by atoms with E-state index in [9.17, 15) is 6.48 Å². The minimum atomic E-state index is -2.67. The number of piperidine rings is 1. The second kappa shape index (κ2) is 4.06. The van der Waals surface area contributed by atoms with Crippen molar-refractivity contribution in [3.05, 3.63) is 35.4 Å². The van der Waals surface area contributed by atoms with Crippen LogP contribution in [0.1, 0.15) is 27.1 Å². The zero-order chi connectivity index (χ0) is 21.0. The number of ether oxygens (including phenoxy) is 2. The monoisotopic (exact) mass is 306 g/mol. The normalized spacial score (nSPS) is 50.2. The van der Waals surface area contributed by atoms with Crippen LogP contribution in [0.25, 0.3) is 0 Å². The molecule has 1 aromatic carbocycles. The van der Waals surface area contributed by atoms with Gasteiger partial charge in [0, 0.05) is 28.4 Å². The van der Waals surface area contributed by atoms with Gasteiger partial charge in [0.15, 0.2) is 11.5 Å². The Balaban J connectivity index is 1.75. The third-order valence-electron chi connectivity index (χ3n) is 5.69. The van der Waals surface area contributed by atoms with Crippen molar-refractivity contribution in [2.75, 3.05) is 20.6 Å².